The zero-order chi connectivity index (χ0) is 11.2. The first-order valence-electron chi connectivity index (χ1n) is 6.34. The summed E-state index contributed by atoms with van der Waals surface area (Å²) in [4.78, 5) is 0. The maximum Gasteiger partial charge on any atom is 0.0431 e. The van der Waals surface area contributed by atoms with E-state index < -0.39 is 0 Å². The van der Waals surface area contributed by atoms with Gasteiger partial charge in [0, 0.05) is 12.6 Å². The second-order valence-electron chi connectivity index (χ2n) is 4.53. The van der Waals surface area contributed by atoms with Crippen molar-refractivity contribution in [2.45, 2.75) is 38.1 Å². The number of fused-ring (bicyclic) bond motifs is 1. The van der Waals surface area contributed by atoms with Crippen molar-refractivity contribution in [1.82, 2.24) is 5.32 Å². The molecule has 1 atom stereocenters. The first kappa shape index (κ1) is 11.6. The quantitative estimate of drug-likeness (QED) is 0.745. The highest BCUT2D eigenvalue weighted by atomic mass is 16.2. The van der Waals surface area contributed by atoms with Crippen LogP contribution in [0.4, 0.5) is 0 Å². The minimum Gasteiger partial charge on any atom is -0.396 e. The number of rotatable bonds is 5. The minimum absolute atomic E-state index is 0.308. The Bertz CT molecular complexity index is 324. The maximum atomic E-state index is 8.73. The topological polar surface area (TPSA) is 32.3 Å². The molecule has 0 saturated heterocycles. The van der Waals surface area contributed by atoms with Gasteiger partial charge in [0.25, 0.3) is 0 Å². The molecule has 0 radical (unpaired) electrons. The number of aryl methyl sites for hydroxylation is 1. The predicted octanol–water partition coefficient (Wildman–Crippen LogP) is 2.43. The second kappa shape index (κ2) is 6.02. The Hall–Kier alpha value is -0.860. The van der Waals surface area contributed by atoms with Gasteiger partial charge < -0.3 is 10.4 Å². The van der Waals surface area contributed by atoms with Crippen LogP contribution in [0.15, 0.2) is 24.3 Å². The summed E-state index contributed by atoms with van der Waals surface area (Å²) in [6.45, 7) is 1.32. The van der Waals surface area contributed by atoms with E-state index in [1.807, 2.05) is 0 Å². The molecule has 1 aliphatic rings. The van der Waals surface area contributed by atoms with Gasteiger partial charge in [0.15, 0.2) is 0 Å². The molecule has 1 unspecified atom stereocenters. The molecule has 2 rings (SSSR count). The Morgan fingerprint density at radius 1 is 1.25 bits per heavy atom. The number of hydrogen-bond donors (Lipinski definition) is 2. The molecule has 0 aliphatic heterocycles. The monoisotopic (exact) mass is 219 g/mol. The van der Waals surface area contributed by atoms with Crippen LogP contribution in [0.2, 0.25) is 0 Å². The van der Waals surface area contributed by atoms with Gasteiger partial charge in [-0.2, -0.15) is 0 Å². The predicted molar refractivity (Wildman–Crippen MR) is 66.4 cm³/mol. The molecular weight excluding hydrogens is 198 g/mol. The van der Waals surface area contributed by atoms with E-state index in [4.69, 9.17) is 5.11 Å². The molecule has 16 heavy (non-hydrogen) atoms. The Balaban J connectivity index is 1.91. The molecule has 88 valence electrons. The van der Waals surface area contributed by atoms with Crippen LogP contribution in [0.5, 0.6) is 0 Å². The van der Waals surface area contributed by atoms with Crippen molar-refractivity contribution in [2.75, 3.05) is 13.2 Å². The van der Waals surface area contributed by atoms with E-state index in [0.29, 0.717) is 12.6 Å². The molecule has 2 nitrogen and oxygen atoms in total. The first-order valence-corrected chi connectivity index (χ1v) is 6.34. The summed E-state index contributed by atoms with van der Waals surface area (Å²) in [5.74, 6) is 0. The highest BCUT2D eigenvalue weighted by Gasteiger charge is 2.18. The molecule has 1 aliphatic carbocycles. The van der Waals surface area contributed by atoms with Crippen LogP contribution in [0.25, 0.3) is 0 Å². The molecule has 0 heterocycles. The van der Waals surface area contributed by atoms with Crippen molar-refractivity contribution < 1.29 is 5.11 Å². The molecule has 0 spiro atoms. The van der Waals surface area contributed by atoms with Gasteiger partial charge in [-0.05, 0) is 49.8 Å². The number of aliphatic hydroxyl groups excluding tert-OH is 1. The summed E-state index contributed by atoms with van der Waals surface area (Å²) < 4.78 is 0. The van der Waals surface area contributed by atoms with E-state index in [0.717, 1.165) is 19.4 Å². The van der Waals surface area contributed by atoms with Crippen molar-refractivity contribution in [3.8, 4) is 0 Å². The zero-order valence-corrected chi connectivity index (χ0v) is 9.78. The second-order valence-corrected chi connectivity index (χ2v) is 4.53. The fourth-order valence-corrected chi connectivity index (χ4v) is 2.48. The first-order chi connectivity index (χ1) is 7.92. The van der Waals surface area contributed by atoms with Crippen LogP contribution >= 0.6 is 0 Å². The third-order valence-electron chi connectivity index (χ3n) is 3.35. The third-order valence-corrected chi connectivity index (χ3v) is 3.35. The molecule has 0 fully saturated rings. The van der Waals surface area contributed by atoms with Crippen molar-refractivity contribution >= 4 is 0 Å². The average Bonchev–Trinajstić information content (AvgIpc) is 2.35. The highest BCUT2D eigenvalue weighted by Crippen LogP contribution is 2.29. The standard InChI is InChI=1S/C14H21NO/c16-11-4-3-10-15-14-9-5-7-12-6-1-2-8-13(12)14/h1-2,6,8,14-16H,3-5,7,9-11H2. The summed E-state index contributed by atoms with van der Waals surface area (Å²) in [5, 5.41) is 12.3. The third kappa shape index (κ3) is 2.83. The van der Waals surface area contributed by atoms with E-state index in [1.165, 1.54) is 30.4 Å². The Morgan fingerprint density at radius 3 is 3.00 bits per heavy atom. The van der Waals surface area contributed by atoms with Crippen LogP contribution in [0, 0.1) is 0 Å². The summed E-state index contributed by atoms with van der Waals surface area (Å²) in [7, 11) is 0. The summed E-state index contributed by atoms with van der Waals surface area (Å²) >= 11 is 0. The fraction of sp³-hybridized carbons (Fsp3) is 0.571. The maximum absolute atomic E-state index is 8.73. The molecule has 2 N–H and O–H groups in total. The molecule has 0 aromatic heterocycles. The summed E-state index contributed by atoms with van der Waals surface area (Å²) in [6, 6.07) is 9.29. The molecule has 0 amide bonds. The molecule has 0 bridgehead atoms. The lowest BCUT2D eigenvalue weighted by Gasteiger charge is -2.26. The van der Waals surface area contributed by atoms with Crippen LogP contribution in [0.3, 0.4) is 0 Å². The lowest BCUT2D eigenvalue weighted by Crippen LogP contribution is -2.26. The van der Waals surface area contributed by atoms with E-state index in [9.17, 15) is 0 Å². The lowest BCUT2D eigenvalue weighted by atomic mass is 9.88. The van der Waals surface area contributed by atoms with Crippen LogP contribution in [-0.4, -0.2) is 18.3 Å². The van der Waals surface area contributed by atoms with E-state index in [2.05, 4.69) is 29.6 Å². The Labute approximate surface area is 97.7 Å². The average molecular weight is 219 g/mol. The molecule has 2 heteroatoms. The number of hydrogen-bond acceptors (Lipinski definition) is 2. The van der Waals surface area contributed by atoms with Gasteiger partial charge in [-0.15, -0.1) is 0 Å². The van der Waals surface area contributed by atoms with Gasteiger partial charge in [0.1, 0.15) is 0 Å². The number of benzene rings is 1. The largest absolute Gasteiger partial charge is 0.396 e. The lowest BCUT2D eigenvalue weighted by molar-refractivity contribution is 0.282. The summed E-state index contributed by atoms with van der Waals surface area (Å²) in [6.07, 6.45) is 5.73. The number of nitrogens with one attached hydrogen (secondary N) is 1. The molecular formula is C14H21NO. The van der Waals surface area contributed by atoms with Crippen molar-refractivity contribution in [3.63, 3.8) is 0 Å². The van der Waals surface area contributed by atoms with Gasteiger partial charge in [-0.1, -0.05) is 24.3 Å². The highest BCUT2D eigenvalue weighted by molar-refractivity contribution is 5.32. The van der Waals surface area contributed by atoms with Gasteiger partial charge >= 0.3 is 0 Å². The Kier molecular flexibility index (Phi) is 4.37. The van der Waals surface area contributed by atoms with Crippen LogP contribution in [-0.2, 0) is 6.42 Å². The smallest absolute Gasteiger partial charge is 0.0431 e. The molecule has 1 aromatic rings. The summed E-state index contributed by atoms with van der Waals surface area (Å²) in [5.41, 5.74) is 2.99. The van der Waals surface area contributed by atoms with Crippen molar-refractivity contribution in [3.05, 3.63) is 35.4 Å². The molecule has 1 aromatic carbocycles. The van der Waals surface area contributed by atoms with Crippen LogP contribution < -0.4 is 5.32 Å². The van der Waals surface area contributed by atoms with Gasteiger partial charge in [0.2, 0.25) is 0 Å². The van der Waals surface area contributed by atoms with Crippen molar-refractivity contribution in [1.29, 1.82) is 0 Å². The van der Waals surface area contributed by atoms with Crippen molar-refractivity contribution in [2.24, 2.45) is 0 Å². The fourth-order valence-electron chi connectivity index (χ4n) is 2.48. The van der Waals surface area contributed by atoms with Gasteiger partial charge in [-0.25, -0.2) is 0 Å². The molecule has 0 saturated carbocycles. The van der Waals surface area contributed by atoms with Gasteiger partial charge in [-0.3, -0.25) is 0 Å². The SMILES string of the molecule is OCCCCNC1CCCc2ccccc21. The normalized spacial score (nSPS) is 19.4. The number of aliphatic hydroxyl groups is 1. The zero-order valence-electron chi connectivity index (χ0n) is 9.78. The minimum atomic E-state index is 0.308. The van der Waals surface area contributed by atoms with Crippen LogP contribution in [0.1, 0.15) is 42.9 Å². The van der Waals surface area contributed by atoms with E-state index in [-0.39, 0.29) is 0 Å². The Morgan fingerprint density at radius 2 is 2.12 bits per heavy atom. The van der Waals surface area contributed by atoms with E-state index in [1.54, 1.807) is 0 Å². The number of unbranched alkanes of at least 4 members (excludes halogenated alkanes) is 1. The van der Waals surface area contributed by atoms with E-state index >= 15 is 0 Å². The van der Waals surface area contributed by atoms with Gasteiger partial charge in [0.05, 0.1) is 0 Å².